The molecule has 1 aliphatic carbocycles. The fourth-order valence-corrected chi connectivity index (χ4v) is 11.8. The highest BCUT2D eigenvalue weighted by Gasteiger charge is 2.49. The Hall–Kier alpha value is -4.78. The molecule has 4 amide bonds. The highest BCUT2D eigenvalue weighted by molar-refractivity contribution is 8.77. The van der Waals surface area contributed by atoms with Crippen LogP contribution in [0.5, 0.6) is 23.0 Å². The van der Waals surface area contributed by atoms with Gasteiger partial charge in [0.1, 0.15) is 12.2 Å². The first-order valence-corrected chi connectivity index (χ1v) is 24.3. The Morgan fingerprint density at radius 3 is 1.66 bits per heavy atom. The van der Waals surface area contributed by atoms with Gasteiger partial charge in [0.15, 0.2) is 35.5 Å². The van der Waals surface area contributed by atoms with Crippen molar-refractivity contribution in [1.82, 2.24) is 9.80 Å². The zero-order chi connectivity index (χ0) is 46.1. The van der Waals surface area contributed by atoms with E-state index < -0.39 is 42.3 Å². The number of carbonyl (C=O) groups is 4. The van der Waals surface area contributed by atoms with E-state index in [1.165, 1.54) is 36.2 Å². The van der Waals surface area contributed by atoms with Gasteiger partial charge in [-0.15, -0.1) is 0 Å². The SMILES string of the molecule is C=C1C[C@H]2C(O)N(C(=O)OCC3(SSC)CCCC3)c3cc(OCCCCCOc4cc5c(cc4OC)C(=O)N4CC(=C)C[C@H]4C(O)N5C(=O)OC(C)(C)C)c(OC)cc3C(=O)N2C1. The van der Waals surface area contributed by atoms with Crippen LogP contribution in [0.15, 0.2) is 48.6 Å². The first kappa shape index (κ1) is 47.2. The average Bonchev–Trinajstić information content (AvgIpc) is 3.97. The number of amides is 4. The topological polar surface area (TPSA) is 177 Å². The molecule has 16 nitrogen and oxygen atoms in total. The number of benzene rings is 2. The van der Waals surface area contributed by atoms with Gasteiger partial charge in [-0.05, 0) is 84.1 Å². The Morgan fingerprint density at radius 2 is 1.22 bits per heavy atom. The minimum Gasteiger partial charge on any atom is -0.493 e. The molecule has 2 N–H and O–H groups in total. The van der Waals surface area contributed by atoms with Gasteiger partial charge < -0.3 is 48.4 Å². The molecule has 64 heavy (non-hydrogen) atoms. The summed E-state index contributed by atoms with van der Waals surface area (Å²) in [4.78, 5) is 61.0. The Labute approximate surface area is 382 Å². The molecule has 2 aromatic carbocycles. The average molecular weight is 925 g/mol. The minimum absolute atomic E-state index is 0.143. The molecule has 4 aliphatic heterocycles. The van der Waals surface area contributed by atoms with E-state index >= 15 is 0 Å². The predicted octanol–water partition coefficient (Wildman–Crippen LogP) is 7.55. The van der Waals surface area contributed by atoms with Crippen LogP contribution >= 0.6 is 21.6 Å². The molecular formula is C46H60N4O12S2. The number of fused-ring (bicyclic) bond motifs is 4. The lowest BCUT2D eigenvalue weighted by Gasteiger charge is -2.33. The van der Waals surface area contributed by atoms with Crippen LogP contribution in [0, 0.1) is 0 Å². The molecule has 2 aromatic rings. The Morgan fingerprint density at radius 1 is 0.750 bits per heavy atom. The summed E-state index contributed by atoms with van der Waals surface area (Å²) in [6.07, 6.45) is 4.08. The van der Waals surface area contributed by atoms with Crippen LogP contribution in [0.2, 0.25) is 0 Å². The largest absolute Gasteiger partial charge is 0.493 e. The number of unbranched alkanes of at least 4 members (excludes halogenated alkanes) is 2. The van der Waals surface area contributed by atoms with Gasteiger partial charge in [-0.3, -0.25) is 9.59 Å². The van der Waals surface area contributed by atoms with Crippen molar-refractivity contribution in [3.8, 4) is 23.0 Å². The number of aliphatic hydroxyl groups is 2. The highest BCUT2D eigenvalue weighted by atomic mass is 33.1. The van der Waals surface area contributed by atoms with Crippen molar-refractivity contribution in [3.63, 3.8) is 0 Å². The molecule has 5 aliphatic rings. The Kier molecular flexibility index (Phi) is 14.3. The number of ether oxygens (including phenoxy) is 6. The molecule has 18 heteroatoms. The van der Waals surface area contributed by atoms with Crippen molar-refractivity contribution in [2.45, 2.75) is 113 Å². The van der Waals surface area contributed by atoms with E-state index in [2.05, 4.69) is 13.2 Å². The van der Waals surface area contributed by atoms with Gasteiger partial charge in [-0.25, -0.2) is 19.4 Å². The third-order valence-electron chi connectivity index (χ3n) is 12.2. The van der Waals surface area contributed by atoms with Gasteiger partial charge in [0, 0.05) is 25.2 Å². The molecule has 0 aromatic heterocycles. The summed E-state index contributed by atoms with van der Waals surface area (Å²) in [7, 11) is 6.28. The van der Waals surface area contributed by atoms with Gasteiger partial charge in [0.25, 0.3) is 11.8 Å². The number of nitrogens with zero attached hydrogens (tertiary/aromatic N) is 4. The second-order valence-corrected chi connectivity index (χ2v) is 20.8. The van der Waals surface area contributed by atoms with Crippen molar-refractivity contribution in [2.75, 3.05) is 63.2 Å². The van der Waals surface area contributed by atoms with Crippen molar-refractivity contribution in [3.05, 3.63) is 59.7 Å². The molecule has 7 rings (SSSR count). The summed E-state index contributed by atoms with van der Waals surface area (Å²) in [5.74, 6) is 0.405. The van der Waals surface area contributed by atoms with E-state index in [9.17, 15) is 29.4 Å². The van der Waals surface area contributed by atoms with Crippen LogP contribution in [0.25, 0.3) is 0 Å². The molecule has 3 fully saturated rings. The number of anilines is 2. The molecule has 2 saturated heterocycles. The summed E-state index contributed by atoms with van der Waals surface area (Å²) < 4.78 is 35.2. The van der Waals surface area contributed by atoms with E-state index in [0.717, 1.165) is 41.7 Å². The van der Waals surface area contributed by atoms with Crippen LogP contribution < -0.4 is 28.7 Å². The molecule has 2 unspecified atom stereocenters. The zero-order valence-corrected chi connectivity index (χ0v) is 39.1. The van der Waals surface area contributed by atoms with E-state index in [0.29, 0.717) is 37.9 Å². The molecular weight excluding hydrogens is 865 g/mol. The standard InChI is InChI=1S/C46H60N4O12S2/c1-27-18-33-41(53)49(43(55)61-26-46(64-63-8)14-10-11-15-46)31-22-37(35(57-6)20-29(31)39(51)47(33)24-27)59-16-12-9-13-17-60-38-23-32-30(21-36(38)58-7)40(52)48-25-28(2)19-34(48)42(54)50(32)44(56)62-45(3,4)5/h20-23,33-34,41-42,53-54H,1-2,9-19,24-26H2,3-8H3/t33-,34-,41?,42?/m0/s1. The van der Waals surface area contributed by atoms with E-state index in [1.54, 1.807) is 59.4 Å². The lowest BCUT2D eigenvalue weighted by atomic mass is 10.1. The lowest BCUT2D eigenvalue weighted by molar-refractivity contribution is 0.0310. The quantitative estimate of drug-likeness (QED) is 0.108. The molecule has 0 radical (unpaired) electrons. The number of hydrogen-bond donors (Lipinski definition) is 2. The van der Waals surface area contributed by atoms with E-state index in [1.807, 2.05) is 6.26 Å². The summed E-state index contributed by atoms with van der Waals surface area (Å²) in [5.41, 5.74) is 1.32. The Bertz CT molecular complexity index is 2160. The van der Waals surface area contributed by atoms with E-state index in [-0.39, 0.29) is 89.2 Å². The second kappa shape index (κ2) is 19.4. The van der Waals surface area contributed by atoms with Crippen LogP contribution in [-0.4, -0.2) is 132 Å². The zero-order valence-electron chi connectivity index (χ0n) is 37.5. The lowest BCUT2D eigenvalue weighted by Crippen LogP contribution is -2.51. The summed E-state index contributed by atoms with van der Waals surface area (Å²) >= 11 is 0. The smallest absolute Gasteiger partial charge is 0.417 e. The van der Waals surface area contributed by atoms with Crippen molar-refractivity contribution in [1.29, 1.82) is 0 Å². The van der Waals surface area contributed by atoms with Crippen LogP contribution in [0.4, 0.5) is 21.0 Å². The summed E-state index contributed by atoms with van der Waals surface area (Å²) in [6.45, 7) is 14.4. The number of rotatable bonds is 14. The maximum Gasteiger partial charge on any atom is 0.417 e. The first-order chi connectivity index (χ1) is 30.5. The predicted molar refractivity (Wildman–Crippen MR) is 245 cm³/mol. The summed E-state index contributed by atoms with van der Waals surface area (Å²) in [5, 5.41) is 23.4. The third-order valence-corrected chi connectivity index (χ3v) is 14.8. The highest BCUT2D eigenvalue weighted by Crippen LogP contribution is 2.48. The third kappa shape index (κ3) is 9.60. The Balaban J connectivity index is 1.04. The monoisotopic (exact) mass is 924 g/mol. The van der Waals surface area contributed by atoms with Crippen molar-refractivity contribution >= 4 is 57.0 Å². The van der Waals surface area contributed by atoms with Gasteiger partial charge in [-0.1, -0.05) is 58.7 Å². The van der Waals surface area contributed by atoms with Crippen molar-refractivity contribution < 1.29 is 57.8 Å². The van der Waals surface area contributed by atoms with Crippen LogP contribution in [-0.2, 0) is 9.47 Å². The maximum absolute atomic E-state index is 14.1. The molecule has 1 saturated carbocycles. The fourth-order valence-electron chi connectivity index (χ4n) is 9.14. The normalized spacial score (nSPS) is 22.6. The van der Waals surface area contributed by atoms with Gasteiger partial charge >= 0.3 is 12.2 Å². The maximum atomic E-state index is 14.1. The number of carbonyl (C=O) groups excluding carboxylic acids is 4. The van der Waals surface area contributed by atoms with Crippen LogP contribution in [0.3, 0.4) is 0 Å². The molecule has 0 bridgehead atoms. The summed E-state index contributed by atoms with van der Waals surface area (Å²) in [6, 6.07) is 4.74. The fraction of sp³-hybridized carbons (Fsp3) is 0.565. The number of methoxy groups -OCH3 is 2. The van der Waals surface area contributed by atoms with Crippen LogP contribution in [0.1, 0.15) is 99.3 Å². The molecule has 4 heterocycles. The van der Waals surface area contributed by atoms with Crippen molar-refractivity contribution in [2.24, 2.45) is 0 Å². The van der Waals surface area contributed by atoms with Gasteiger partial charge in [0.2, 0.25) is 0 Å². The number of hydrogen-bond acceptors (Lipinski definition) is 14. The van der Waals surface area contributed by atoms with E-state index in [4.69, 9.17) is 28.4 Å². The minimum atomic E-state index is -1.41. The second-order valence-electron chi connectivity index (χ2n) is 17.9. The molecule has 0 spiro atoms. The number of aliphatic hydroxyl groups excluding tert-OH is 2. The van der Waals surface area contributed by atoms with Gasteiger partial charge in [-0.2, -0.15) is 0 Å². The first-order valence-electron chi connectivity index (χ1n) is 21.7. The molecule has 348 valence electrons. The molecule has 4 atom stereocenters. The van der Waals surface area contributed by atoms with Gasteiger partial charge in [0.05, 0.1) is 66.8 Å².